The number of nitrogens with zero attached hydrogens (tertiary/aromatic N) is 1. The van der Waals surface area contributed by atoms with Crippen LogP contribution in [0.3, 0.4) is 0 Å². The summed E-state index contributed by atoms with van der Waals surface area (Å²) in [4.78, 5) is 13.2. The minimum absolute atomic E-state index is 0.335. The molecule has 1 amide bonds. The Bertz CT molecular complexity index is 500. The van der Waals surface area contributed by atoms with E-state index in [4.69, 9.17) is 0 Å². The zero-order chi connectivity index (χ0) is 16.3. The van der Waals surface area contributed by atoms with E-state index in [2.05, 4.69) is 5.32 Å². The molecule has 0 spiro atoms. The number of anilines is 2. The fourth-order valence-electron chi connectivity index (χ4n) is 1.50. The van der Waals surface area contributed by atoms with Gasteiger partial charge in [-0.25, -0.2) is 0 Å². The van der Waals surface area contributed by atoms with Gasteiger partial charge in [0.15, 0.2) is 0 Å². The second kappa shape index (κ2) is 6.28. The minimum atomic E-state index is -5.64. The number of halogens is 5. The van der Waals surface area contributed by atoms with Gasteiger partial charge < -0.3 is 10.2 Å². The molecule has 0 saturated heterocycles. The maximum Gasteiger partial charge on any atom is 0.453 e. The monoisotopic (exact) mass is 310 g/mol. The first-order valence-electron chi connectivity index (χ1n) is 6.05. The second-order valence-corrected chi connectivity index (χ2v) is 4.70. The molecule has 0 aromatic heterocycles. The molecule has 0 saturated carbocycles. The molecule has 0 radical (unpaired) electrons. The molecule has 3 nitrogen and oxygen atoms in total. The highest BCUT2D eigenvalue weighted by molar-refractivity contribution is 5.91. The molecule has 1 aromatic carbocycles. The fourth-order valence-corrected chi connectivity index (χ4v) is 1.50. The summed E-state index contributed by atoms with van der Waals surface area (Å²) in [5.74, 6) is -5.76. The van der Waals surface area contributed by atoms with E-state index >= 15 is 0 Å². The van der Waals surface area contributed by atoms with Crippen molar-refractivity contribution in [3.05, 3.63) is 24.3 Å². The van der Waals surface area contributed by atoms with E-state index in [1.165, 1.54) is 6.07 Å². The van der Waals surface area contributed by atoms with E-state index in [0.717, 1.165) is 5.69 Å². The van der Waals surface area contributed by atoms with Gasteiger partial charge in [0.05, 0.1) is 0 Å². The molecule has 1 aromatic rings. The smallest absolute Gasteiger partial charge is 0.378 e. The molecule has 0 unspecified atom stereocenters. The van der Waals surface area contributed by atoms with Crippen LogP contribution in [-0.4, -0.2) is 32.1 Å². The molecule has 0 atom stereocenters. The highest BCUT2D eigenvalue weighted by atomic mass is 19.4. The number of hydrogen-bond donors (Lipinski definition) is 1. The Labute approximate surface area is 118 Å². The first kappa shape index (κ1) is 17.2. The molecule has 0 aliphatic rings. The van der Waals surface area contributed by atoms with Crippen LogP contribution in [0.4, 0.5) is 33.3 Å². The number of alkyl halides is 5. The van der Waals surface area contributed by atoms with E-state index in [1.54, 1.807) is 37.2 Å². The SMILES string of the molecule is CN(C)c1cccc(NC(=O)CCC(F)(F)C(F)(F)F)c1. The standard InChI is InChI=1S/C13H15F5N2O/c1-20(2)10-5-3-4-9(8-10)19-11(21)6-7-12(14,15)13(16,17)18/h3-5,8H,6-7H2,1-2H3,(H,19,21). The molecular formula is C13H15F5N2O. The lowest BCUT2D eigenvalue weighted by molar-refractivity contribution is -0.284. The Kier molecular flexibility index (Phi) is 5.14. The van der Waals surface area contributed by atoms with Crippen LogP contribution in [0, 0.1) is 0 Å². The van der Waals surface area contributed by atoms with Crippen LogP contribution in [0.1, 0.15) is 12.8 Å². The number of carbonyl (C=O) groups is 1. The third kappa shape index (κ3) is 4.87. The number of nitrogens with one attached hydrogen (secondary N) is 1. The molecular weight excluding hydrogens is 295 g/mol. The van der Waals surface area contributed by atoms with Gasteiger partial charge in [0.25, 0.3) is 0 Å². The predicted molar refractivity (Wildman–Crippen MR) is 69.6 cm³/mol. The van der Waals surface area contributed by atoms with Crippen molar-refractivity contribution in [1.29, 1.82) is 0 Å². The highest BCUT2D eigenvalue weighted by Gasteiger charge is 2.56. The van der Waals surface area contributed by atoms with E-state index in [-0.39, 0.29) is 0 Å². The average Bonchev–Trinajstić information content (AvgIpc) is 2.35. The third-order valence-corrected chi connectivity index (χ3v) is 2.73. The second-order valence-electron chi connectivity index (χ2n) is 4.70. The van der Waals surface area contributed by atoms with Crippen LogP contribution >= 0.6 is 0 Å². The van der Waals surface area contributed by atoms with Crippen LogP contribution < -0.4 is 10.2 Å². The molecule has 118 valence electrons. The molecule has 0 bridgehead atoms. The van der Waals surface area contributed by atoms with Crippen LogP contribution in [-0.2, 0) is 4.79 Å². The van der Waals surface area contributed by atoms with Crippen molar-refractivity contribution in [3.8, 4) is 0 Å². The summed E-state index contributed by atoms with van der Waals surface area (Å²) in [6.45, 7) is 0. The van der Waals surface area contributed by atoms with Crippen molar-refractivity contribution in [2.24, 2.45) is 0 Å². The lowest BCUT2D eigenvalue weighted by atomic mass is 10.1. The Morgan fingerprint density at radius 2 is 1.81 bits per heavy atom. The molecule has 0 fully saturated rings. The molecule has 0 heterocycles. The zero-order valence-electron chi connectivity index (χ0n) is 11.5. The highest BCUT2D eigenvalue weighted by Crippen LogP contribution is 2.38. The minimum Gasteiger partial charge on any atom is -0.378 e. The van der Waals surface area contributed by atoms with Crippen molar-refractivity contribution in [1.82, 2.24) is 0 Å². The Morgan fingerprint density at radius 1 is 1.19 bits per heavy atom. The number of amides is 1. The first-order chi connectivity index (χ1) is 9.53. The van der Waals surface area contributed by atoms with Gasteiger partial charge in [-0.3, -0.25) is 4.79 Å². The van der Waals surface area contributed by atoms with Gasteiger partial charge in [0.1, 0.15) is 0 Å². The van der Waals surface area contributed by atoms with Crippen LogP contribution in [0.2, 0.25) is 0 Å². The van der Waals surface area contributed by atoms with Crippen molar-refractivity contribution in [2.45, 2.75) is 24.9 Å². The molecule has 1 rings (SSSR count). The van der Waals surface area contributed by atoms with E-state index in [0.29, 0.717) is 5.69 Å². The van der Waals surface area contributed by atoms with Crippen molar-refractivity contribution in [3.63, 3.8) is 0 Å². The number of carbonyl (C=O) groups excluding carboxylic acids is 1. The summed E-state index contributed by atoms with van der Waals surface area (Å²) in [6.07, 6.45) is -8.13. The predicted octanol–water partition coefficient (Wildman–Crippen LogP) is 3.67. The quantitative estimate of drug-likeness (QED) is 0.842. The fraction of sp³-hybridized carbons (Fsp3) is 0.462. The van der Waals surface area contributed by atoms with Crippen molar-refractivity contribution >= 4 is 17.3 Å². The molecule has 0 aliphatic heterocycles. The maximum absolute atomic E-state index is 12.7. The normalized spacial score (nSPS) is 12.1. The number of hydrogen-bond acceptors (Lipinski definition) is 2. The van der Waals surface area contributed by atoms with Gasteiger partial charge in [0, 0.05) is 38.3 Å². The Hall–Kier alpha value is -1.86. The van der Waals surface area contributed by atoms with Gasteiger partial charge in [-0.1, -0.05) is 6.07 Å². The summed E-state index contributed by atoms with van der Waals surface area (Å²) >= 11 is 0. The van der Waals surface area contributed by atoms with Crippen LogP contribution in [0.25, 0.3) is 0 Å². The summed E-state index contributed by atoms with van der Waals surface area (Å²) in [7, 11) is 3.54. The third-order valence-electron chi connectivity index (χ3n) is 2.73. The van der Waals surface area contributed by atoms with E-state index < -0.39 is 30.8 Å². The van der Waals surface area contributed by atoms with Gasteiger partial charge in [-0.05, 0) is 18.2 Å². The van der Waals surface area contributed by atoms with Crippen LogP contribution in [0.15, 0.2) is 24.3 Å². The van der Waals surface area contributed by atoms with Crippen molar-refractivity contribution in [2.75, 3.05) is 24.3 Å². The van der Waals surface area contributed by atoms with E-state index in [1.807, 2.05) is 0 Å². The van der Waals surface area contributed by atoms with Crippen molar-refractivity contribution < 1.29 is 26.7 Å². The lowest BCUT2D eigenvalue weighted by Gasteiger charge is -2.19. The first-order valence-corrected chi connectivity index (χ1v) is 6.05. The molecule has 0 aliphatic carbocycles. The van der Waals surface area contributed by atoms with Gasteiger partial charge in [-0.15, -0.1) is 0 Å². The maximum atomic E-state index is 12.7. The molecule has 21 heavy (non-hydrogen) atoms. The Morgan fingerprint density at radius 3 is 2.33 bits per heavy atom. The summed E-state index contributed by atoms with van der Waals surface area (Å²) in [5.41, 5.74) is 1.09. The van der Waals surface area contributed by atoms with E-state index in [9.17, 15) is 26.7 Å². The average molecular weight is 310 g/mol. The largest absolute Gasteiger partial charge is 0.453 e. The van der Waals surface area contributed by atoms with Gasteiger partial charge in [0.2, 0.25) is 5.91 Å². The van der Waals surface area contributed by atoms with Gasteiger partial charge in [-0.2, -0.15) is 22.0 Å². The molecule has 1 N–H and O–H groups in total. The van der Waals surface area contributed by atoms with Crippen LogP contribution in [0.5, 0.6) is 0 Å². The van der Waals surface area contributed by atoms with Gasteiger partial charge >= 0.3 is 12.1 Å². The number of benzene rings is 1. The summed E-state index contributed by atoms with van der Waals surface area (Å²) < 4.78 is 61.3. The Balaban J connectivity index is 2.61. The lowest BCUT2D eigenvalue weighted by Crippen LogP contribution is -2.37. The summed E-state index contributed by atoms with van der Waals surface area (Å²) in [6, 6.07) is 6.50. The zero-order valence-corrected chi connectivity index (χ0v) is 11.5. The number of rotatable bonds is 5. The topological polar surface area (TPSA) is 32.3 Å². The molecule has 8 heteroatoms. The summed E-state index contributed by atoms with van der Waals surface area (Å²) in [5, 5.41) is 2.29.